The first-order valence-electron chi connectivity index (χ1n) is 4.94. The Bertz CT molecular complexity index is 491. The van der Waals surface area contributed by atoms with Crippen LogP contribution in [0.5, 0.6) is 0 Å². The fraction of sp³-hybridized carbons (Fsp3) is 0.273. The van der Waals surface area contributed by atoms with E-state index in [4.69, 9.17) is 5.26 Å². The van der Waals surface area contributed by atoms with Crippen molar-refractivity contribution in [3.8, 4) is 6.07 Å². The molecule has 18 heavy (non-hydrogen) atoms. The van der Waals surface area contributed by atoms with Crippen molar-refractivity contribution in [1.29, 1.82) is 5.26 Å². The number of nitrogens with zero attached hydrogens (tertiary/aromatic N) is 1. The van der Waals surface area contributed by atoms with Gasteiger partial charge in [-0.15, -0.1) is 0 Å². The van der Waals surface area contributed by atoms with Crippen LogP contribution in [-0.2, 0) is 11.0 Å². The standard InChI is InChI=1S/C11H10F3N3O/c1-16-10(18)6-17-8-3-2-7(5-15)9(4-8)11(12,13)14/h2-4,17H,6H2,1H3,(H,16,18). The maximum atomic E-state index is 12.6. The number of alkyl halides is 3. The molecule has 0 bridgehead atoms. The molecule has 96 valence electrons. The summed E-state index contributed by atoms with van der Waals surface area (Å²) < 4.78 is 37.9. The van der Waals surface area contributed by atoms with Gasteiger partial charge in [-0.1, -0.05) is 0 Å². The SMILES string of the molecule is CNC(=O)CNc1ccc(C#N)c(C(F)(F)F)c1. The minimum Gasteiger partial charge on any atom is -0.376 e. The fourth-order valence-corrected chi connectivity index (χ4v) is 1.26. The average Bonchev–Trinajstić information content (AvgIpc) is 2.34. The predicted molar refractivity (Wildman–Crippen MR) is 58.7 cm³/mol. The van der Waals surface area contributed by atoms with Gasteiger partial charge in [0, 0.05) is 12.7 Å². The van der Waals surface area contributed by atoms with Crippen molar-refractivity contribution < 1.29 is 18.0 Å². The number of benzene rings is 1. The molecule has 4 nitrogen and oxygen atoms in total. The lowest BCUT2D eigenvalue weighted by Crippen LogP contribution is -2.26. The zero-order valence-corrected chi connectivity index (χ0v) is 9.43. The van der Waals surface area contributed by atoms with E-state index in [1.807, 2.05) is 0 Å². The van der Waals surface area contributed by atoms with Crippen molar-refractivity contribution in [3.05, 3.63) is 29.3 Å². The number of carbonyl (C=O) groups is 1. The van der Waals surface area contributed by atoms with Crippen molar-refractivity contribution in [2.45, 2.75) is 6.18 Å². The molecule has 2 N–H and O–H groups in total. The van der Waals surface area contributed by atoms with Crippen LogP contribution in [0.2, 0.25) is 0 Å². The van der Waals surface area contributed by atoms with E-state index in [2.05, 4.69) is 10.6 Å². The molecule has 0 unspecified atom stereocenters. The molecule has 0 saturated carbocycles. The van der Waals surface area contributed by atoms with Gasteiger partial charge >= 0.3 is 6.18 Å². The van der Waals surface area contributed by atoms with Crippen molar-refractivity contribution in [2.24, 2.45) is 0 Å². The smallest absolute Gasteiger partial charge is 0.376 e. The van der Waals surface area contributed by atoms with E-state index < -0.39 is 17.3 Å². The molecule has 0 radical (unpaired) electrons. The molecule has 1 rings (SSSR count). The minimum absolute atomic E-state index is 0.130. The predicted octanol–water partition coefficient (Wildman–Crippen LogP) is 1.73. The first-order chi connectivity index (χ1) is 8.38. The number of nitriles is 1. The van der Waals surface area contributed by atoms with Gasteiger partial charge < -0.3 is 10.6 Å². The summed E-state index contributed by atoms with van der Waals surface area (Å²) >= 11 is 0. The number of carbonyl (C=O) groups excluding carboxylic acids is 1. The first-order valence-corrected chi connectivity index (χ1v) is 4.94. The van der Waals surface area contributed by atoms with E-state index in [1.165, 1.54) is 19.2 Å². The van der Waals surface area contributed by atoms with Crippen LogP contribution in [-0.4, -0.2) is 19.5 Å². The lowest BCUT2D eigenvalue weighted by Gasteiger charge is -2.11. The Labute approximate surface area is 101 Å². The summed E-state index contributed by atoms with van der Waals surface area (Å²) in [4.78, 5) is 10.9. The van der Waals surface area contributed by atoms with Crippen molar-refractivity contribution >= 4 is 11.6 Å². The lowest BCUT2D eigenvalue weighted by atomic mass is 10.1. The Kier molecular flexibility index (Phi) is 4.15. The topological polar surface area (TPSA) is 64.9 Å². The number of rotatable bonds is 3. The van der Waals surface area contributed by atoms with Gasteiger partial charge in [0.1, 0.15) is 0 Å². The van der Waals surface area contributed by atoms with E-state index in [0.29, 0.717) is 0 Å². The zero-order valence-electron chi connectivity index (χ0n) is 9.43. The molecule has 0 atom stereocenters. The third-order valence-corrected chi connectivity index (χ3v) is 2.18. The van der Waals surface area contributed by atoms with E-state index in [9.17, 15) is 18.0 Å². The largest absolute Gasteiger partial charge is 0.417 e. The summed E-state index contributed by atoms with van der Waals surface area (Å²) in [6.45, 7) is -0.139. The summed E-state index contributed by atoms with van der Waals surface area (Å²) in [6.07, 6.45) is -4.60. The van der Waals surface area contributed by atoms with Crippen LogP contribution in [0.4, 0.5) is 18.9 Å². The molecular weight excluding hydrogens is 247 g/mol. The number of anilines is 1. The van der Waals surface area contributed by atoms with Gasteiger partial charge in [-0.05, 0) is 18.2 Å². The molecular formula is C11H10F3N3O. The van der Waals surface area contributed by atoms with Crippen LogP contribution >= 0.6 is 0 Å². The summed E-state index contributed by atoms with van der Waals surface area (Å²) in [5.74, 6) is -0.354. The highest BCUT2D eigenvalue weighted by atomic mass is 19.4. The fourth-order valence-electron chi connectivity index (χ4n) is 1.26. The Morgan fingerprint density at radius 2 is 2.11 bits per heavy atom. The quantitative estimate of drug-likeness (QED) is 0.866. The highest BCUT2D eigenvalue weighted by Gasteiger charge is 2.33. The average molecular weight is 257 g/mol. The van der Waals surface area contributed by atoms with Gasteiger partial charge in [0.25, 0.3) is 0 Å². The van der Waals surface area contributed by atoms with Crippen LogP contribution in [0.3, 0.4) is 0 Å². The van der Waals surface area contributed by atoms with Gasteiger partial charge in [0.05, 0.1) is 23.7 Å². The van der Waals surface area contributed by atoms with Gasteiger partial charge in [-0.2, -0.15) is 18.4 Å². The molecule has 0 saturated heterocycles. The number of halogens is 3. The Morgan fingerprint density at radius 3 is 2.61 bits per heavy atom. The number of amides is 1. The van der Waals surface area contributed by atoms with Crippen LogP contribution < -0.4 is 10.6 Å². The molecule has 1 aromatic carbocycles. The highest BCUT2D eigenvalue weighted by molar-refractivity contribution is 5.80. The van der Waals surface area contributed by atoms with E-state index in [0.717, 1.165) is 12.1 Å². The van der Waals surface area contributed by atoms with Crippen LogP contribution in [0.25, 0.3) is 0 Å². The highest BCUT2D eigenvalue weighted by Crippen LogP contribution is 2.33. The molecule has 0 aliphatic rings. The van der Waals surface area contributed by atoms with Gasteiger partial charge in [0.15, 0.2) is 0 Å². The van der Waals surface area contributed by atoms with Crippen LogP contribution in [0.1, 0.15) is 11.1 Å². The summed E-state index contributed by atoms with van der Waals surface area (Å²) in [6, 6.07) is 4.67. The van der Waals surface area contributed by atoms with Crippen molar-refractivity contribution in [3.63, 3.8) is 0 Å². The molecule has 7 heteroatoms. The Hall–Kier alpha value is -2.23. The van der Waals surface area contributed by atoms with Gasteiger partial charge in [-0.3, -0.25) is 4.79 Å². The Morgan fingerprint density at radius 1 is 1.44 bits per heavy atom. The normalized spacial score (nSPS) is 10.6. The number of hydrogen-bond donors (Lipinski definition) is 2. The summed E-state index contributed by atoms with van der Waals surface area (Å²) in [5, 5.41) is 13.5. The Balaban J connectivity index is 2.98. The number of nitrogens with one attached hydrogen (secondary N) is 2. The van der Waals surface area contributed by atoms with E-state index in [-0.39, 0.29) is 18.1 Å². The first kappa shape index (κ1) is 13.8. The third-order valence-electron chi connectivity index (χ3n) is 2.18. The monoisotopic (exact) mass is 257 g/mol. The van der Waals surface area contributed by atoms with E-state index in [1.54, 1.807) is 0 Å². The van der Waals surface area contributed by atoms with E-state index >= 15 is 0 Å². The number of hydrogen-bond acceptors (Lipinski definition) is 3. The van der Waals surface area contributed by atoms with Crippen LogP contribution in [0, 0.1) is 11.3 Å². The minimum atomic E-state index is -4.60. The molecule has 0 fully saturated rings. The molecule has 1 amide bonds. The second-order valence-corrected chi connectivity index (χ2v) is 3.40. The van der Waals surface area contributed by atoms with Gasteiger partial charge in [-0.25, -0.2) is 0 Å². The summed E-state index contributed by atoms with van der Waals surface area (Å²) in [7, 11) is 1.42. The molecule has 0 aromatic heterocycles. The maximum Gasteiger partial charge on any atom is 0.417 e. The number of likely N-dealkylation sites (N-methyl/N-ethyl adjacent to an activating group) is 1. The zero-order chi connectivity index (χ0) is 13.8. The molecule has 0 spiro atoms. The van der Waals surface area contributed by atoms with Crippen molar-refractivity contribution in [2.75, 3.05) is 18.9 Å². The molecule has 0 aliphatic carbocycles. The van der Waals surface area contributed by atoms with Crippen LogP contribution in [0.15, 0.2) is 18.2 Å². The van der Waals surface area contributed by atoms with Gasteiger partial charge in [0.2, 0.25) is 5.91 Å². The molecule has 1 aromatic rings. The van der Waals surface area contributed by atoms with Crippen molar-refractivity contribution in [1.82, 2.24) is 5.32 Å². The lowest BCUT2D eigenvalue weighted by molar-refractivity contribution is -0.137. The third kappa shape index (κ3) is 3.38. The maximum absolute atomic E-state index is 12.6. The molecule has 0 aliphatic heterocycles. The second-order valence-electron chi connectivity index (χ2n) is 3.40. The summed E-state index contributed by atoms with van der Waals surface area (Å²) in [5.41, 5.74) is -1.34. The second kappa shape index (κ2) is 5.40. The molecule has 0 heterocycles.